The molecule has 2 rings (SSSR count). The number of hydrogen-bond donors (Lipinski definition) is 0. The molecule has 0 heterocycles. The van der Waals surface area contributed by atoms with Gasteiger partial charge in [-0.05, 0) is 36.8 Å². The van der Waals surface area contributed by atoms with Crippen LogP contribution in [0.4, 0.5) is 13.2 Å². The van der Waals surface area contributed by atoms with Gasteiger partial charge in [-0.3, -0.25) is 0 Å². The van der Waals surface area contributed by atoms with Crippen LogP contribution in [-0.4, -0.2) is 0 Å². The quantitative estimate of drug-likeness (QED) is 0.458. The molecule has 0 aliphatic heterocycles. The summed E-state index contributed by atoms with van der Waals surface area (Å²) in [5.41, 5.74) is 1.10. The van der Waals surface area contributed by atoms with Crippen molar-refractivity contribution in [3.05, 3.63) is 76.4 Å². The Hall–Kier alpha value is -2.98. The van der Waals surface area contributed by atoms with Crippen LogP contribution >= 0.6 is 0 Å². The summed E-state index contributed by atoms with van der Waals surface area (Å²) in [5.74, 6) is 3.28. The average Bonchev–Trinajstić information content (AvgIpc) is 2.67. The minimum Gasteiger partial charge on any atom is -0.209 e. The Bertz CT molecular complexity index is 894. The number of rotatable bonds is 5. The molecule has 0 fully saturated rings. The van der Waals surface area contributed by atoms with Crippen molar-refractivity contribution in [1.82, 2.24) is 0 Å². The van der Waals surface area contributed by atoms with Gasteiger partial charge in [0.25, 0.3) is 0 Å². The summed E-state index contributed by atoms with van der Waals surface area (Å²) in [4.78, 5) is 0. The summed E-state index contributed by atoms with van der Waals surface area (Å²) in [6, 6.07) is 11.9. The van der Waals surface area contributed by atoms with Gasteiger partial charge in [0, 0.05) is 17.5 Å². The van der Waals surface area contributed by atoms with Crippen LogP contribution in [0, 0.1) is 29.0 Å². The van der Waals surface area contributed by atoms with Crippen molar-refractivity contribution in [3.8, 4) is 17.9 Å². The minimum absolute atomic E-state index is 0.0964. The van der Waals surface area contributed by atoms with Crippen LogP contribution in [-0.2, 0) is 0 Å². The Kier molecular flexibility index (Phi) is 7.06. The molecule has 26 heavy (non-hydrogen) atoms. The van der Waals surface area contributed by atoms with Crippen molar-refractivity contribution < 1.29 is 13.2 Å². The van der Waals surface area contributed by atoms with Crippen LogP contribution in [0.3, 0.4) is 0 Å². The summed E-state index contributed by atoms with van der Waals surface area (Å²) < 4.78 is 41.6. The molecule has 0 aliphatic rings. The highest BCUT2D eigenvalue weighted by molar-refractivity contribution is 5.62. The number of unbranched alkanes of at least 4 members (excludes halogenated alkanes) is 2. The fraction of sp³-hybridized carbons (Fsp3) is 0.227. The topological polar surface area (TPSA) is 23.8 Å². The van der Waals surface area contributed by atoms with Gasteiger partial charge in [-0.15, -0.1) is 0 Å². The third kappa shape index (κ3) is 5.26. The summed E-state index contributed by atoms with van der Waals surface area (Å²) in [6.07, 6.45) is 2.53. The Balaban J connectivity index is 2.13. The summed E-state index contributed by atoms with van der Waals surface area (Å²) in [7, 11) is 0. The molecule has 0 N–H and O–H groups in total. The number of allylic oxidation sites excluding steroid dienone is 1. The maximum absolute atomic E-state index is 14.1. The lowest BCUT2D eigenvalue weighted by atomic mass is 10.1. The largest absolute Gasteiger partial charge is 0.209 e. The number of nitrogens with zero attached hydrogens (tertiary/aromatic N) is 1. The third-order valence-electron chi connectivity index (χ3n) is 3.82. The highest BCUT2D eigenvalue weighted by Gasteiger charge is 2.08. The van der Waals surface area contributed by atoms with Crippen molar-refractivity contribution >= 4 is 5.83 Å². The number of hydrogen-bond acceptors (Lipinski definition) is 1. The third-order valence-corrected chi connectivity index (χ3v) is 3.82. The lowest BCUT2D eigenvalue weighted by Gasteiger charge is -2.02. The predicted molar refractivity (Wildman–Crippen MR) is 96.8 cm³/mol. The van der Waals surface area contributed by atoms with Crippen molar-refractivity contribution in [2.75, 3.05) is 0 Å². The molecule has 4 heteroatoms. The molecule has 0 bridgehead atoms. The van der Waals surface area contributed by atoms with E-state index in [9.17, 15) is 13.2 Å². The van der Waals surface area contributed by atoms with E-state index in [1.807, 2.05) is 13.0 Å². The molecule has 0 amide bonds. The first-order chi connectivity index (χ1) is 12.5. The molecule has 132 valence electrons. The highest BCUT2D eigenvalue weighted by Crippen LogP contribution is 2.25. The maximum atomic E-state index is 14.1. The van der Waals surface area contributed by atoms with E-state index in [1.165, 1.54) is 24.3 Å². The van der Waals surface area contributed by atoms with E-state index in [4.69, 9.17) is 5.26 Å². The normalized spacial score (nSPS) is 11.2. The summed E-state index contributed by atoms with van der Waals surface area (Å²) >= 11 is 0. The van der Waals surface area contributed by atoms with E-state index >= 15 is 0 Å². The Morgan fingerprint density at radius 1 is 0.962 bits per heavy atom. The zero-order valence-electron chi connectivity index (χ0n) is 14.5. The molecule has 0 radical (unpaired) electrons. The number of benzene rings is 2. The zero-order valence-corrected chi connectivity index (χ0v) is 14.5. The smallest absolute Gasteiger partial charge is 0.161 e. The van der Waals surface area contributed by atoms with E-state index < -0.39 is 17.5 Å². The Labute approximate surface area is 151 Å². The molecule has 0 atom stereocenters. The van der Waals surface area contributed by atoms with Crippen molar-refractivity contribution in [2.45, 2.75) is 32.6 Å². The van der Waals surface area contributed by atoms with E-state index in [2.05, 4.69) is 11.8 Å². The molecule has 2 aromatic carbocycles. The van der Waals surface area contributed by atoms with E-state index in [1.54, 1.807) is 12.1 Å². The molecule has 0 unspecified atom stereocenters. The summed E-state index contributed by atoms with van der Waals surface area (Å²) in [6.45, 7) is 2.00. The van der Waals surface area contributed by atoms with Crippen LogP contribution in [0.2, 0.25) is 0 Å². The second-order valence-corrected chi connectivity index (χ2v) is 5.81. The monoisotopic (exact) mass is 353 g/mol. The van der Waals surface area contributed by atoms with E-state index in [0.717, 1.165) is 18.9 Å². The van der Waals surface area contributed by atoms with Gasteiger partial charge in [0.2, 0.25) is 0 Å². The lowest BCUT2D eigenvalue weighted by Crippen LogP contribution is -1.87. The van der Waals surface area contributed by atoms with Crippen LogP contribution in [0.1, 0.15) is 54.9 Å². The molecule has 0 aliphatic carbocycles. The Morgan fingerprint density at radius 2 is 1.65 bits per heavy atom. The van der Waals surface area contributed by atoms with Crippen molar-refractivity contribution in [2.24, 2.45) is 0 Å². The Morgan fingerprint density at radius 3 is 2.27 bits per heavy atom. The van der Waals surface area contributed by atoms with Crippen molar-refractivity contribution in [3.63, 3.8) is 0 Å². The molecule has 0 aromatic heterocycles. The molecule has 1 nitrogen and oxygen atoms in total. The minimum atomic E-state index is -0.848. The van der Waals surface area contributed by atoms with Gasteiger partial charge in [0.05, 0.1) is 17.2 Å². The van der Waals surface area contributed by atoms with Crippen LogP contribution in [0.25, 0.3) is 5.83 Å². The van der Waals surface area contributed by atoms with Gasteiger partial charge < -0.3 is 0 Å². The maximum Gasteiger partial charge on any atom is 0.161 e. The second-order valence-electron chi connectivity index (χ2n) is 5.81. The molecular weight excluding hydrogens is 335 g/mol. The van der Waals surface area contributed by atoms with Gasteiger partial charge in [0.1, 0.15) is 11.6 Å². The highest BCUT2D eigenvalue weighted by atomic mass is 19.2. The SMILES string of the molecule is CCCCC/C(F)=C(\F)c1ccc(C#Cc2ccc(C#N)cc2F)cc1. The summed E-state index contributed by atoms with van der Waals surface area (Å²) in [5, 5.41) is 8.72. The first-order valence-corrected chi connectivity index (χ1v) is 8.41. The van der Waals surface area contributed by atoms with Gasteiger partial charge in [-0.1, -0.05) is 43.7 Å². The van der Waals surface area contributed by atoms with Gasteiger partial charge >= 0.3 is 0 Å². The van der Waals surface area contributed by atoms with E-state index in [-0.39, 0.29) is 23.1 Å². The zero-order chi connectivity index (χ0) is 18.9. The lowest BCUT2D eigenvalue weighted by molar-refractivity contribution is 0.541. The molecular formula is C22H18F3N. The van der Waals surface area contributed by atoms with Gasteiger partial charge in [-0.2, -0.15) is 5.26 Å². The fourth-order valence-corrected chi connectivity index (χ4v) is 2.32. The first kappa shape index (κ1) is 19.3. The predicted octanol–water partition coefficient (Wildman–Crippen LogP) is 6.29. The second kappa shape index (κ2) is 9.49. The number of nitriles is 1. The average molecular weight is 353 g/mol. The molecule has 2 aromatic rings. The van der Waals surface area contributed by atoms with Crippen molar-refractivity contribution in [1.29, 1.82) is 5.26 Å². The molecule has 0 spiro atoms. The van der Waals surface area contributed by atoms with Gasteiger partial charge in [0.15, 0.2) is 5.83 Å². The van der Waals surface area contributed by atoms with E-state index in [0.29, 0.717) is 12.0 Å². The molecule has 0 saturated carbocycles. The van der Waals surface area contributed by atoms with Crippen LogP contribution < -0.4 is 0 Å². The van der Waals surface area contributed by atoms with Crippen LogP contribution in [0.15, 0.2) is 48.3 Å². The first-order valence-electron chi connectivity index (χ1n) is 8.41. The van der Waals surface area contributed by atoms with Gasteiger partial charge in [-0.25, -0.2) is 13.2 Å². The van der Waals surface area contributed by atoms with Crippen LogP contribution in [0.5, 0.6) is 0 Å². The fourth-order valence-electron chi connectivity index (χ4n) is 2.32. The standard InChI is InChI=1S/C22H18F3N/c1-2-3-4-5-20(23)22(25)19-12-7-16(8-13-19)6-10-18-11-9-17(15-26)14-21(18)24/h7-9,11-14H,2-5H2,1H3/b22-20+. The number of halogens is 3. The molecule has 0 saturated heterocycles.